The van der Waals surface area contributed by atoms with Crippen LogP contribution in [0.5, 0.6) is 11.5 Å². The largest absolute Gasteiger partial charge is 0.503 e. The zero-order valence-corrected chi connectivity index (χ0v) is 19.3. The third kappa shape index (κ3) is 6.36. The lowest BCUT2D eigenvalue weighted by Crippen LogP contribution is -2.08. The molecule has 174 valence electrons. The Kier molecular flexibility index (Phi) is 8.63. The maximum absolute atomic E-state index is 12.5. The molecule has 0 bridgehead atoms. The Labute approximate surface area is 199 Å². The summed E-state index contributed by atoms with van der Waals surface area (Å²) in [7, 11) is 4.39. The topological polar surface area (TPSA) is 71.1 Å². The van der Waals surface area contributed by atoms with Crippen molar-refractivity contribution in [1.82, 2.24) is 0 Å². The summed E-state index contributed by atoms with van der Waals surface area (Å²) in [5.74, 6) is 0.707. The highest BCUT2D eigenvalue weighted by atomic mass is 16.5. The van der Waals surface area contributed by atoms with E-state index in [2.05, 4.69) is 0 Å². The monoisotopic (exact) mass is 458 g/mol. The average Bonchev–Trinajstić information content (AvgIpc) is 2.89. The van der Waals surface area contributed by atoms with Gasteiger partial charge >= 0.3 is 5.97 Å². The molecule has 0 saturated carbocycles. The van der Waals surface area contributed by atoms with Gasteiger partial charge in [0.25, 0.3) is 0 Å². The van der Waals surface area contributed by atoms with E-state index < -0.39 is 5.97 Å². The van der Waals surface area contributed by atoms with Crippen LogP contribution in [-0.4, -0.2) is 33.1 Å². The molecule has 34 heavy (non-hydrogen) atoms. The van der Waals surface area contributed by atoms with Gasteiger partial charge in [0, 0.05) is 5.56 Å². The molecule has 3 rings (SSSR count). The molecule has 3 aromatic carbocycles. The summed E-state index contributed by atoms with van der Waals surface area (Å²) in [6.07, 6.45) is 4.63. The lowest BCUT2D eigenvalue weighted by molar-refractivity contribution is -0.133. The van der Waals surface area contributed by atoms with Crippen LogP contribution < -0.4 is 9.47 Å². The second kappa shape index (κ2) is 12.1. The normalized spacial score (nSPS) is 11.2. The van der Waals surface area contributed by atoms with Crippen molar-refractivity contribution in [2.45, 2.75) is 6.61 Å². The molecule has 0 amide bonds. The van der Waals surface area contributed by atoms with Crippen molar-refractivity contribution < 1.29 is 28.5 Å². The molecule has 6 nitrogen and oxygen atoms in total. The van der Waals surface area contributed by atoms with E-state index in [1.807, 2.05) is 42.5 Å². The van der Waals surface area contributed by atoms with Crippen molar-refractivity contribution in [3.63, 3.8) is 0 Å². The van der Waals surface area contributed by atoms with Gasteiger partial charge in [0.15, 0.2) is 5.78 Å². The van der Waals surface area contributed by atoms with Gasteiger partial charge < -0.3 is 18.9 Å². The van der Waals surface area contributed by atoms with Gasteiger partial charge in [-0.2, -0.15) is 0 Å². The van der Waals surface area contributed by atoms with Gasteiger partial charge in [0.05, 0.1) is 27.6 Å². The summed E-state index contributed by atoms with van der Waals surface area (Å²) in [6.45, 7) is 0.220. The van der Waals surface area contributed by atoms with E-state index in [-0.39, 0.29) is 12.4 Å². The van der Waals surface area contributed by atoms with Crippen molar-refractivity contribution >= 4 is 23.4 Å². The molecule has 0 spiro atoms. The van der Waals surface area contributed by atoms with Crippen LogP contribution in [0, 0.1) is 0 Å². The Morgan fingerprint density at radius 3 is 2.32 bits per heavy atom. The van der Waals surface area contributed by atoms with Crippen molar-refractivity contribution in [2.24, 2.45) is 0 Å². The lowest BCUT2D eigenvalue weighted by atomic mass is 10.0. The van der Waals surface area contributed by atoms with Crippen LogP contribution in [0.25, 0.3) is 11.6 Å². The maximum Gasteiger partial charge on any atom is 0.341 e. The molecule has 6 heteroatoms. The van der Waals surface area contributed by atoms with Crippen LogP contribution in [0.3, 0.4) is 0 Å². The minimum atomic E-state index is -0.501. The smallest absolute Gasteiger partial charge is 0.341 e. The molecule has 0 aromatic heterocycles. The van der Waals surface area contributed by atoms with Gasteiger partial charge in [-0.05, 0) is 59.2 Å². The number of esters is 1. The van der Waals surface area contributed by atoms with E-state index in [0.717, 1.165) is 16.9 Å². The fourth-order valence-corrected chi connectivity index (χ4v) is 3.25. The molecule has 0 radical (unpaired) electrons. The SMILES string of the molecule is CO/C=C(/C(=O)OC)c1ccccc1COc1ccc(C(=O)/C=C/c2cccc(OC)c2)cc1. The van der Waals surface area contributed by atoms with Gasteiger partial charge in [0.1, 0.15) is 23.7 Å². The quantitative estimate of drug-likeness (QED) is 0.177. The molecule has 0 heterocycles. The molecule has 0 atom stereocenters. The first-order valence-corrected chi connectivity index (χ1v) is 10.5. The lowest BCUT2D eigenvalue weighted by Gasteiger charge is -2.13. The predicted molar refractivity (Wildman–Crippen MR) is 131 cm³/mol. The van der Waals surface area contributed by atoms with Gasteiger partial charge in [-0.25, -0.2) is 4.79 Å². The number of carbonyl (C=O) groups excluding carboxylic acids is 2. The molecule has 0 aliphatic heterocycles. The van der Waals surface area contributed by atoms with Crippen LogP contribution in [0.1, 0.15) is 27.0 Å². The number of ketones is 1. The molecular formula is C28H26O6. The summed E-state index contributed by atoms with van der Waals surface area (Å²) < 4.78 is 21.0. The number of carbonyl (C=O) groups is 2. The Morgan fingerprint density at radius 1 is 0.853 bits per heavy atom. The summed E-state index contributed by atoms with van der Waals surface area (Å²) in [5.41, 5.74) is 3.17. The van der Waals surface area contributed by atoms with E-state index in [9.17, 15) is 9.59 Å². The Balaban J connectivity index is 1.68. The fraction of sp³-hybridized carbons (Fsp3) is 0.143. The minimum Gasteiger partial charge on any atom is -0.503 e. The highest BCUT2D eigenvalue weighted by Gasteiger charge is 2.17. The molecule has 0 N–H and O–H groups in total. The van der Waals surface area contributed by atoms with Gasteiger partial charge in [0.2, 0.25) is 0 Å². The number of allylic oxidation sites excluding steroid dienone is 1. The van der Waals surface area contributed by atoms with E-state index in [1.54, 1.807) is 43.5 Å². The van der Waals surface area contributed by atoms with E-state index in [4.69, 9.17) is 18.9 Å². The van der Waals surface area contributed by atoms with Crippen LogP contribution in [0.4, 0.5) is 0 Å². The molecule has 3 aromatic rings. The van der Waals surface area contributed by atoms with Gasteiger partial charge in [-0.3, -0.25) is 4.79 Å². The standard InChI is InChI=1S/C28H26O6/c1-31-19-26(28(30)33-3)25-10-5-4-8-22(25)18-34-23-14-12-21(13-15-23)27(29)16-11-20-7-6-9-24(17-20)32-2/h4-17,19H,18H2,1-3H3/b16-11+,26-19+. The molecule has 0 fully saturated rings. The van der Waals surface area contributed by atoms with E-state index >= 15 is 0 Å². The van der Waals surface area contributed by atoms with Crippen LogP contribution in [-0.2, 0) is 20.9 Å². The number of methoxy groups -OCH3 is 3. The Hall–Kier alpha value is -4.32. The number of rotatable bonds is 10. The first kappa shape index (κ1) is 24.3. The van der Waals surface area contributed by atoms with Crippen LogP contribution >= 0.6 is 0 Å². The van der Waals surface area contributed by atoms with Crippen LogP contribution in [0.2, 0.25) is 0 Å². The molecular weight excluding hydrogens is 432 g/mol. The van der Waals surface area contributed by atoms with Crippen LogP contribution in [0.15, 0.2) is 85.1 Å². The first-order chi connectivity index (χ1) is 16.5. The summed E-state index contributed by atoms with van der Waals surface area (Å²) >= 11 is 0. The number of hydrogen-bond donors (Lipinski definition) is 0. The average molecular weight is 459 g/mol. The highest BCUT2D eigenvalue weighted by molar-refractivity contribution is 6.16. The minimum absolute atomic E-state index is 0.118. The second-order valence-electron chi connectivity index (χ2n) is 7.20. The van der Waals surface area contributed by atoms with E-state index in [1.165, 1.54) is 26.6 Å². The summed E-state index contributed by atoms with van der Waals surface area (Å²) in [6, 6.07) is 21.7. The third-order valence-corrected chi connectivity index (χ3v) is 5.00. The van der Waals surface area contributed by atoms with Crippen molar-refractivity contribution in [2.75, 3.05) is 21.3 Å². The molecule has 0 saturated heterocycles. The predicted octanol–water partition coefficient (Wildman–Crippen LogP) is 5.33. The Bertz CT molecular complexity index is 1190. The Morgan fingerprint density at radius 2 is 1.62 bits per heavy atom. The third-order valence-electron chi connectivity index (χ3n) is 5.00. The van der Waals surface area contributed by atoms with E-state index in [0.29, 0.717) is 22.4 Å². The zero-order valence-electron chi connectivity index (χ0n) is 19.3. The fourth-order valence-electron chi connectivity index (χ4n) is 3.25. The van der Waals surface area contributed by atoms with Crippen molar-refractivity contribution in [3.8, 4) is 11.5 Å². The molecule has 0 aliphatic rings. The van der Waals surface area contributed by atoms with Gasteiger partial charge in [-0.1, -0.05) is 42.5 Å². The number of hydrogen-bond acceptors (Lipinski definition) is 6. The number of benzene rings is 3. The highest BCUT2D eigenvalue weighted by Crippen LogP contribution is 2.23. The maximum atomic E-state index is 12.5. The van der Waals surface area contributed by atoms with Gasteiger partial charge in [-0.15, -0.1) is 0 Å². The molecule has 0 aliphatic carbocycles. The summed E-state index contributed by atoms with van der Waals surface area (Å²) in [5, 5.41) is 0. The van der Waals surface area contributed by atoms with Crippen molar-refractivity contribution in [1.29, 1.82) is 0 Å². The zero-order chi connectivity index (χ0) is 24.3. The van der Waals surface area contributed by atoms with Crippen molar-refractivity contribution in [3.05, 3.63) is 107 Å². The second-order valence-corrected chi connectivity index (χ2v) is 7.20. The molecule has 0 unspecified atom stereocenters. The number of ether oxygens (including phenoxy) is 4. The first-order valence-electron chi connectivity index (χ1n) is 10.5. The summed E-state index contributed by atoms with van der Waals surface area (Å²) in [4.78, 5) is 24.7.